The summed E-state index contributed by atoms with van der Waals surface area (Å²) in [6, 6.07) is 1.55. The lowest BCUT2D eigenvalue weighted by molar-refractivity contribution is -0.275. The quantitative estimate of drug-likeness (QED) is 0.603. The summed E-state index contributed by atoms with van der Waals surface area (Å²) in [5.41, 5.74) is 8.74. The second-order valence-electron chi connectivity index (χ2n) is 2.75. The van der Waals surface area contributed by atoms with Crippen LogP contribution in [0, 0.1) is 5.82 Å². The second-order valence-corrected chi connectivity index (χ2v) is 2.75. The van der Waals surface area contributed by atoms with Crippen LogP contribution in [-0.4, -0.2) is 12.3 Å². The second kappa shape index (κ2) is 3.87. The number of hydrogen-bond donors (Lipinski definition) is 2. The van der Waals surface area contributed by atoms with E-state index in [0.717, 1.165) is 6.07 Å². The van der Waals surface area contributed by atoms with Gasteiger partial charge in [0, 0.05) is 5.69 Å². The van der Waals surface area contributed by atoms with Crippen molar-refractivity contribution in [2.75, 3.05) is 5.73 Å². The van der Waals surface area contributed by atoms with E-state index in [2.05, 4.69) is 4.74 Å². The molecule has 4 N–H and O–H groups in total. The maximum Gasteiger partial charge on any atom is 0.573 e. The predicted octanol–water partition coefficient (Wildman–Crippen LogP) is 1.41. The molecule has 0 unspecified atom stereocenters. The van der Waals surface area contributed by atoms with Crippen LogP contribution in [0.3, 0.4) is 0 Å². The third kappa shape index (κ3) is 2.53. The van der Waals surface area contributed by atoms with Gasteiger partial charge in [-0.1, -0.05) is 0 Å². The largest absolute Gasteiger partial charge is 0.573 e. The Bertz CT molecular complexity index is 431. The molecule has 1 amide bonds. The number of primary amides is 1. The molecule has 0 heterocycles. The SMILES string of the molecule is NC(=O)c1c(N)ccc(OC(F)(F)F)c1F. The lowest BCUT2D eigenvalue weighted by atomic mass is 10.1. The van der Waals surface area contributed by atoms with Gasteiger partial charge in [0.25, 0.3) is 5.91 Å². The average molecular weight is 238 g/mol. The highest BCUT2D eigenvalue weighted by Gasteiger charge is 2.33. The lowest BCUT2D eigenvalue weighted by Gasteiger charge is -2.11. The number of carbonyl (C=O) groups is 1. The summed E-state index contributed by atoms with van der Waals surface area (Å²) in [7, 11) is 0. The highest BCUT2D eigenvalue weighted by molar-refractivity contribution is 5.98. The minimum atomic E-state index is -5.06. The standard InChI is InChI=1S/C8H6F4N2O2/c9-6-4(16-8(10,11)12)2-1-3(13)5(6)7(14)15/h1-2H,13H2,(H2,14,15). The van der Waals surface area contributed by atoms with Gasteiger partial charge < -0.3 is 16.2 Å². The first-order valence-electron chi connectivity index (χ1n) is 3.86. The van der Waals surface area contributed by atoms with E-state index in [1.807, 2.05) is 0 Å². The van der Waals surface area contributed by atoms with Gasteiger partial charge in [0.2, 0.25) is 0 Å². The van der Waals surface area contributed by atoms with E-state index in [0.29, 0.717) is 6.07 Å². The summed E-state index contributed by atoms with van der Waals surface area (Å²) < 4.78 is 52.1. The van der Waals surface area contributed by atoms with Crippen molar-refractivity contribution in [3.63, 3.8) is 0 Å². The van der Waals surface area contributed by atoms with Crippen LogP contribution < -0.4 is 16.2 Å². The van der Waals surface area contributed by atoms with E-state index >= 15 is 0 Å². The Balaban J connectivity index is 3.24. The fraction of sp³-hybridized carbons (Fsp3) is 0.125. The first-order valence-corrected chi connectivity index (χ1v) is 3.86. The summed E-state index contributed by atoms with van der Waals surface area (Å²) in [6.07, 6.45) is -5.06. The van der Waals surface area contributed by atoms with Crippen LogP contribution in [0.5, 0.6) is 5.75 Å². The molecule has 88 valence electrons. The maximum absolute atomic E-state index is 13.3. The Morgan fingerprint density at radius 2 is 1.88 bits per heavy atom. The number of carbonyl (C=O) groups excluding carboxylic acids is 1. The molecule has 0 bridgehead atoms. The van der Waals surface area contributed by atoms with Crippen LogP contribution in [0.2, 0.25) is 0 Å². The van der Waals surface area contributed by atoms with Crippen LogP contribution >= 0.6 is 0 Å². The predicted molar refractivity (Wildman–Crippen MR) is 46.0 cm³/mol. The topological polar surface area (TPSA) is 78.3 Å². The van der Waals surface area contributed by atoms with Crippen LogP contribution in [0.4, 0.5) is 23.2 Å². The van der Waals surface area contributed by atoms with Gasteiger partial charge in [0.05, 0.1) is 0 Å². The number of hydrogen-bond acceptors (Lipinski definition) is 3. The highest BCUT2D eigenvalue weighted by atomic mass is 19.4. The average Bonchev–Trinajstić information content (AvgIpc) is 2.07. The van der Waals surface area contributed by atoms with Crippen molar-refractivity contribution in [1.29, 1.82) is 0 Å². The molecule has 16 heavy (non-hydrogen) atoms. The van der Waals surface area contributed by atoms with Gasteiger partial charge in [0.1, 0.15) is 5.56 Å². The fourth-order valence-corrected chi connectivity index (χ4v) is 1.03. The molecule has 0 fully saturated rings. The van der Waals surface area contributed by atoms with Crippen LogP contribution in [0.1, 0.15) is 10.4 Å². The lowest BCUT2D eigenvalue weighted by Crippen LogP contribution is -2.21. The molecule has 0 saturated heterocycles. The van der Waals surface area contributed by atoms with Gasteiger partial charge in [-0.2, -0.15) is 0 Å². The van der Waals surface area contributed by atoms with E-state index in [1.165, 1.54) is 0 Å². The molecule has 8 heteroatoms. The monoisotopic (exact) mass is 238 g/mol. The molecule has 0 atom stereocenters. The van der Waals surface area contributed by atoms with Gasteiger partial charge in [-0.05, 0) is 12.1 Å². The number of amides is 1. The Morgan fingerprint density at radius 1 is 1.31 bits per heavy atom. The molecule has 0 spiro atoms. The zero-order chi connectivity index (χ0) is 12.5. The molecular formula is C8H6F4N2O2. The Kier molecular flexibility index (Phi) is 2.92. The molecule has 1 rings (SSSR count). The normalized spacial score (nSPS) is 11.2. The van der Waals surface area contributed by atoms with E-state index in [1.54, 1.807) is 0 Å². The van der Waals surface area contributed by atoms with Crippen LogP contribution in [0.25, 0.3) is 0 Å². The van der Waals surface area contributed by atoms with Gasteiger partial charge in [0.15, 0.2) is 11.6 Å². The van der Waals surface area contributed by atoms with Crippen LogP contribution in [0.15, 0.2) is 12.1 Å². The summed E-state index contributed by atoms with van der Waals surface area (Å²) in [5.74, 6) is -3.97. The maximum atomic E-state index is 13.3. The zero-order valence-corrected chi connectivity index (χ0v) is 7.64. The smallest absolute Gasteiger partial charge is 0.403 e. The number of benzene rings is 1. The molecule has 0 aliphatic heterocycles. The number of halogens is 4. The van der Waals surface area contributed by atoms with Gasteiger partial charge in [-0.25, -0.2) is 4.39 Å². The van der Waals surface area contributed by atoms with Crippen molar-refractivity contribution in [3.8, 4) is 5.75 Å². The molecule has 4 nitrogen and oxygen atoms in total. The number of nitrogen functional groups attached to an aromatic ring is 1. The number of rotatable bonds is 2. The molecule has 1 aromatic carbocycles. The minimum absolute atomic E-state index is 0.362. The van der Waals surface area contributed by atoms with E-state index in [4.69, 9.17) is 11.5 Å². The first-order chi connectivity index (χ1) is 7.22. The summed E-state index contributed by atoms with van der Waals surface area (Å²) >= 11 is 0. The number of ether oxygens (including phenoxy) is 1. The van der Waals surface area contributed by atoms with Crippen molar-refractivity contribution >= 4 is 11.6 Å². The molecular weight excluding hydrogens is 232 g/mol. The van der Waals surface area contributed by atoms with Gasteiger partial charge >= 0.3 is 6.36 Å². The van der Waals surface area contributed by atoms with Crippen LogP contribution in [-0.2, 0) is 0 Å². The highest BCUT2D eigenvalue weighted by Crippen LogP contribution is 2.29. The molecule has 0 aromatic heterocycles. The van der Waals surface area contributed by atoms with Crippen molar-refractivity contribution in [1.82, 2.24) is 0 Å². The molecule has 1 aromatic rings. The Hall–Kier alpha value is -1.99. The first kappa shape index (κ1) is 12.1. The summed E-state index contributed by atoms with van der Waals surface area (Å²) in [6.45, 7) is 0. The minimum Gasteiger partial charge on any atom is -0.403 e. The zero-order valence-electron chi connectivity index (χ0n) is 7.64. The van der Waals surface area contributed by atoms with E-state index in [-0.39, 0.29) is 5.69 Å². The molecule has 0 saturated carbocycles. The fourth-order valence-electron chi connectivity index (χ4n) is 1.03. The van der Waals surface area contributed by atoms with E-state index < -0.39 is 29.4 Å². The van der Waals surface area contributed by atoms with Crippen molar-refractivity contribution < 1.29 is 27.1 Å². The number of anilines is 1. The van der Waals surface area contributed by atoms with Crippen molar-refractivity contribution in [2.24, 2.45) is 5.73 Å². The number of alkyl halides is 3. The third-order valence-corrected chi connectivity index (χ3v) is 1.61. The van der Waals surface area contributed by atoms with Crippen molar-refractivity contribution in [3.05, 3.63) is 23.5 Å². The van der Waals surface area contributed by atoms with Crippen molar-refractivity contribution in [2.45, 2.75) is 6.36 Å². The Labute approximate surface area is 86.8 Å². The van der Waals surface area contributed by atoms with E-state index in [9.17, 15) is 22.4 Å². The number of nitrogens with two attached hydrogens (primary N) is 2. The molecule has 0 aliphatic carbocycles. The molecule has 0 aliphatic rings. The van der Waals surface area contributed by atoms with Gasteiger partial charge in [-0.3, -0.25) is 4.79 Å². The third-order valence-electron chi connectivity index (χ3n) is 1.61. The van der Waals surface area contributed by atoms with Gasteiger partial charge in [-0.15, -0.1) is 13.2 Å². The summed E-state index contributed by atoms with van der Waals surface area (Å²) in [5, 5.41) is 0. The Morgan fingerprint density at radius 3 is 2.31 bits per heavy atom. The summed E-state index contributed by atoms with van der Waals surface area (Å²) in [4.78, 5) is 10.7. The molecule has 0 radical (unpaired) electrons.